The standard InChI is InChI=1S/C30H33BrN2O5/c1-5-6-15-36-24-13-9-23(10-14-24)30(35)38-25-11-7-22(8-12-25)18-32-33-29(34)19-37-28-16-21(4)27(31)17-26(28)20(2)3/h7-14,16-18,20H,5-6,15,19H2,1-4H3,(H,33,34)/b32-18+. The van der Waals surface area contributed by atoms with Crippen molar-refractivity contribution < 1.29 is 23.8 Å². The number of benzene rings is 3. The molecule has 3 rings (SSSR count). The first kappa shape index (κ1) is 28.9. The first-order valence-corrected chi connectivity index (χ1v) is 13.4. The van der Waals surface area contributed by atoms with E-state index in [2.05, 4.69) is 47.2 Å². The number of hydrogen-bond acceptors (Lipinski definition) is 6. The van der Waals surface area contributed by atoms with Gasteiger partial charge in [-0.2, -0.15) is 5.10 Å². The summed E-state index contributed by atoms with van der Waals surface area (Å²) in [5.74, 6) is 1.23. The van der Waals surface area contributed by atoms with E-state index in [-0.39, 0.29) is 18.4 Å². The molecule has 7 nitrogen and oxygen atoms in total. The lowest BCUT2D eigenvalue weighted by Gasteiger charge is -2.15. The molecule has 0 saturated heterocycles. The lowest BCUT2D eigenvalue weighted by molar-refractivity contribution is -0.123. The van der Waals surface area contributed by atoms with Crippen LogP contribution in [-0.2, 0) is 4.79 Å². The summed E-state index contributed by atoms with van der Waals surface area (Å²) in [6.07, 6.45) is 3.55. The predicted molar refractivity (Wildman–Crippen MR) is 152 cm³/mol. The largest absolute Gasteiger partial charge is 0.494 e. The zero-order valence-electron chi connectivity index (χ0n) is 22.1. The second-order valence-electron chi connectivity index (χ2n) is 9.06. The first-order valence-electron chi connectivity index (χ1n) is 12.6. The van der Waals surface area contributed by atoms with Gasteiger partial charge in [0.2, 0.25) is 0 Å². The number of carbonyl (C=O) groups is 2. The van der Waals surface area contributed by atoms with Crippen LogP contribution in [0, 0.1) is 6.92 Å². The van der Waals surface area contributed by atoms with Gasteiger partial charge in [0.25, 0.3) is 5.91 Å². The van der Waals surface area contributed by atoms with Gasteiger partial charge in [0, 0.05) is 4.47 Å². The Bertz CT molecular complexity index is 1250. The molecule has 0 aliphatic heterocycles. The Morgan fingerprint density at radius 3 is 2.34 bits per heavy atom. The van der Waals surface area contributed by atoms with Gasteiger partial charge < -0.3 is 14.2 Å². The molecule has 3 aromatic rings. The topological polar surface area (TPSA) is 86.2 Å². The molecule has 0 saturated carbocycles. The lowest BCUT2D eigenvalue weighted by atomic mass is 10.0. The van der Waals surface area contributed by atoms with Gasteiger partial charge in [0.15, 0.2) is 6.61 Å². The van der Waals surface area contributed by atoms with E-state index in [1.807, 2.05) is 19.1 Å². The zero-order valence-corrected chi connectivity index (χ0v) is 23.7. The number of rotatable bonds is 12. The molecule has 0 heterocycles. The predicted octanol–water partition coefficient (Wildman–Crippen LogP) is 6.81. The molecule has 0 spiro atoms. The van der Waals surface area contributed by atoms with Crippen LogP contribution in [0.1, 0.15) is 66.6 Å². The fraction of sp³-hybridized carbons (Fsp3) is 0.300. The van der Waals surface area contributed by atoms with Crippen LogP contribution in [0.5, 0.6) is 17.2 Å². The average Bonchev–Trinajstić information content (AvgIpc) is 2.90. The van der Waals surface area contributed by atoms with E-state index in [1.165, 1.54) is 6.21 Å². The second kappa shape index (κ2) is 14.3. The van der Waals surface area contributed by atoms with E-state index in [9.17, 15) is 9.59 Å². The number of hydrazone groups is 1. The third-order valence-electron chi connectivity index (χ3n) is 5.62. The number of nitrogens with zero attached hydrogens (tertiary/aromatic N) is 1. The Morgan fingerprint density at radius 1 is 1.00 bits per heavy atom. The summed E-state index contributed by atoms with van der Waals surface area (Å²) in [6.45, 7) is 8.72. The summed E-state index contributed by atoms with van der Waals surface area (Å²) >= 11 is 3.54. The molecule has 3 aromatic carbocycles. The Hall–Kier alpha value is -3.65. The third kappa shape index (κ3) is 8.73. The van der Waals surface area contributed by atoms with Gasteiger partial charge in [-0.3, -0.25) is 4.79 Å². The first-order chi connectivity index (χ1) is 18.3. The van der Waals surface area contributed by atoms with Crippen LogP contribution in [0.15, 0.2) is 70.2 Å². The number of carbonyl (C=O) groups excluding carboxylic acids is 2. The molecule has 0 unspecified atom stereocenters. The van der Waals surface area contributed by atoms with Crippen molar-refractivity contribution in [2.45, 2.75) is 46.5 Å². The number of halogens is 1. The van der Waals surface area contributed by atoms with E-state index < -0.39 is 5.97 Å². The van der Waals surface area contributed by atoms with Crippen LogP contribution < -0.4 is 19.6 Å². The number of aryl methyl sites for hydroxylation is 1. The Kier molecular flexibility index (Phi) is 10.9. The zero-order chi connectivity index (χ0) is 27.5. The highest BCUT2D eigenvalue weighted by molar-refractivity contribution is 9.10. The van der Waals surface area contributed by atoms with Crippen molar-refractivity contribution >= 4 is 34.0 Å². The van der Waals surface area contributed by atoms with Crippen LogP contribution in [0.4, 0.5) is 0 Å². The SMILES string of the molecule is CCCCOc1ccc(C(=O)Oc2ccc(/C=N/NC(=O)COc3cc(C)c(Br)cc3C(C)C)cc2)cc1. The maximum absolute atomic E-state index is 12.4. The fourth-order valence-corrected chi connectivity index (χ4v) is 3.77. The van der Waals surface area contributed by atoms with Gasteiger partial charge in [-0.15, -0.1) is 0 Å². The number of esters is 1. The summed E-state index contributed by atoms with van der Waals surface area (Å²) in [5, 5.41) is 3.98. The molecule has 1 N–H and O–H groups in total. The molecule has 1 amide bonds. The minimum Gasteiger partial charge on any atom is -0.494 e. The van der Waals surface area contributed by atoms with Crippen LogP contribution in [-0.4, -0.2) is 31.3 Å². The van der Waals surface area contributed by atoms with Crippen LogP contribution in [0.3, 0.4) is 0 Å². The summed E-state index contributed by atoms with van der Waals surface area (Å²) in [7, 11) is 0. The highest BCUT2D eigenvalue weighted by Crippen LogP contribution is 2.32. The van der Waals surface area contributed by atoms with Crippen molar-refractivity contribution in [3.63, 3.8) is 0 Å². The molecule has 0 aliphatic carbocycles. The van der Waals surface area contributed by atoms with Crippen molar-refractivity contribution in [1.29, 1.82) is 0 Å². The third-order valence-corrected chi connectivity index (χ3v) is 6.48. The van der Waals surface area contributed by atoms with Crippen molar-refractivity contribution in [3.05, 3.63) is 87.4 Å². The van der Waals surface area contributed by atoms with Crippen LogP contribution in [0.2, 0.25) is 0 Å². The molecular weight excluding hydrogens is 548 g/mol. The molecule has 0 radical (unpaired) electrons. The van der Waals surface area contributed by atoms with Crippen LogP contribution >= 0.6 is 15.9 Å². The molecule has 0 bridgehead atoms. The summed E-state index contributed by atoms with van der Waals surface area (Å²) < 4.78 is 17.8. The van der Waals surface area contributed by atoms with Crippen LogP contribution in [0.25, 0.3) is 0 Å². The average molecular weight is 582 g/mol. The van der Waals surface area contributed by atoms with Gasteiger partial charge in [-0.05, 0) is 96.6 Å². The Labute approximate surface area is 232 Å². The number of ether oxygens (including phenoxy) is 3. The summed E-state index contributed by atoms with van der Waals surface area (Å²) in [6, 6.07) is 17.6. The second-order valence-corrected chi connectivity index (χ2v) is 9.92. The highest BCUT2D eigenvalue weighted by Gasteiger charge is 2.13. The smallest absolute Gasteiger partial charge is 0.343 e. The summed E-state index contributed by atoms with van der Waals surface area (Å²) in [4.78, 5) is 24.6. The van der Waals surface area contributed by atoms with Gasteiger partial charge in [0.05, 0.1) is 18.4 Å². The molecule has 0 aromatic heterocycles. The number of amides is 1. The van der Waals surface area contributed by atoms with E-state index in [4.69, 9.17) is 14.2 Å². The molecule has 0 atom stereocenters. The molecular formula is C30H33BrN2O5. The van der Waals surface area contributed by atoms with E-state index in [0.29, 0.717) is 23.7 Å². The van der Waals surface area contributed by atoms with Gasteiger partial charge in [-0.1, -0.05) is 43.1 Å². The van der Waals surface area contributed by atoms with Gasteiger partial charge in [0.1, 0.15) is 17.2 Å². The van der Waals surface area contributed by atoms with Crippen molar-refractivity contribution in [1.82, 2.24) is 5.43 Å². The Morgan fingerprint density at radius 2 is 1.68 bits per heavy atom. The van der Waals surface area contributed by atoms with Crippen molar-refractivity contribution in [2.75, 3.05) is 13.2 Å². The fourth-order valence-electron chi connectivity index (χ4n) is 3.41. The number of nitrogens with one attached hydrogen (secondary N) is 1. The number of unbranched alkanes of at least 4 members (excludes halogenated alkanes) is 1. The molecule has 38 heavy (non-hydrogen) atoms. The normalized spacial score (nSPS) is 11.0. The van der Waals surface area contributed by atoms with Gasteiger partial charge >= 0.3 is 5.97 Å². The van der Waals surface area contributed by atoms with E-state index in [0.717, 1.165) is 39.8 Å². The minimum absolute atomic E-state index is 0.154. The van der Waals surface area contributed by atoms with Gasteiger partial charge in [-0.25, -0.2) is 10.2 Å². The van der Waals surface area contributed by atoms with E-state index in [1.54, 1.807) is 48.5 Å². The number of hydrogen-bond donors (Lipinski definition) is 1. The lowest BCUT2D eigenvalue weighted by Crippen LogP contribution is -2.25. The van der Waals surface area contributed by atoms with Crippen molar-refractivity contribution in [3.8, 4) is 17.2 Å². The summed E-state index contributed by atoms with van der Waals surface area (Å²) in [5.41, 5.74) is 5.68. The molecule has 200 valence electrons. The molecule has 0 aliphatic rings. The maximum atomic E-state index is 12.4. The highest BCUT2D eigenvalue weighted by atomic mass is 79.9. The minimum atomic E-state index is -0.458. The van der Waals surface area contributed by atoms with Crippen molar-refractivity contribution in [2.24, 2.45) is 5.10 Å². The quantitative estimate of drug-likeness (QED) is 0.0836. The monoisotopic (exact) mass is 580 g/mol. The molecule has 8 heteroatoms. The molecule has 0 fully saturated rings. The Balaban J connectivity index is 1.47. The van der Waals surface area contributed by atoms with E-state index >= 15 is 0 Å². The maximum Gasteiger partial charge on any atom is 0.343 e.